The Hall–Kier alpha value is -1.10. The van der Waals surface area contributed by atoms with Crippen molar-refractivity contribution in [3.8, 4) is 0 Å². The maximum absolute atomic E-state index is 11.9. The summed E-state index contributed by atoms with van der Waals surface area (Å²) in [7, 11) is 0. The molecule has 1 aromatic rings. The van der Waals surface area contributed by atoms with E-state index in [1.165, 1.54) is 6.07 Å². The molecule has 72 valence electrons. The van der Waals surface area contributed by atoms with Crippen molar-refractivity contribution in [2.75, 3.05) is 0 Å². The van der Waals surface area contributed by atoms with Gasteiger partial charge in [-0.1, -0.05) is 0 Å². The van der Waals surface area contributed by atoms with Crippen LogP contribution in [0.1, 0.15) is 11.3 Å². The number of halogens is 4. The first-order chi connectivity index (χ1) is 5.54. The summed E-state index contributed by atoms with van der Waals surface area (Å²) in [5, 5.41) is 6.72. The molecule has 13 heavy (non-hydrogen) atoms. The molecule has 1 rings (SSSR count). The van der Waals surface area contributed by atoms with Crippen LogP contribution in [-0.2, 0) is 6.18 Å². The molecule has 0 bridgehead atoms. The molecule has 0 saturated carbocycles. The Balaban J connectivity index is 0.00000144. The lowest BCUT2D eigenvalue weighted by atomic mass is 10.2. The van der Waals surface area contributed by atoms with Crippen LogP contribution in [-0.4, -0.2) is 11.2 Å². The topological polar surface area (TPSA) is 36.7 Å². The number of nitrogens with one attached hydrogen (secondary N) is 1. The number of hydrogen-bond donors (Lipinski definition) is 1. The van der Waals surface area contributed by atoms with Crippen LogP contribution >= 0.6 is 12.4 Å². The molecule has 0 spiro atoms. The zero-order chi connectivity index (χ0) is 9.19. The third-order valence-electron chi connectivity index (χ3n) is 1.24. The normalized spacial score (nSPS) is 10.4. The van der Waals surface area contributed by atoms with E-state index in [9.17, 15) is 13.2 Å². The van der Waals surface area contributed by atoms with E-state index in [1.54, 1.807) is 0 Å². The van der Waals surface area contributed by atoms with Gasteiger partial charge in [0.15, 0.2) is 0 Å². The van der Waals surface area contributed by atoms with Crippen molar-refractivity contribution in [2.45, 2.75) is 6.18 Å². The lowest BCUT2D eigenvalue weighted by Crippen LogP contribution is -2.07. The maximum Gasteiger partial charge on any atom is 0.433 e. The van der Waals surface area contributed by atoms with Gasteiger partial charge in [0.2, 0.25) is 0 Å². The maximum atomic E-state index is 11.9. The van der Waals surface area contributed by atoms with Gasteiger partial charge in [-0.25, -0.2) is 0 Å². The average molecular weight is 211 g/mol. The number of nitrogens with zero attached hydrogens (tertiary/aromatic N) is 1. The molecule has 0 atom stereocenters. The highest BCUT2D eigenvalue weighted by molar-refractivity contribution is 5.85. The monoisotopic (exact) mass is 210 g/mol. The largest absolute Gasteiger partial charge is 0.433 e. The minimum atomic E-state index is -4.40. The first-order valence-corrected chi connectivity index (χ1v) is 3.08. The van der Waals surface area contributed by atoms with Crippen LogP contribution in [0, 0.1) is 5.41 Å². The Kier molecular flexibility index (Phi) is 3.87. The number of pyridine rings is 1. The second-order valence-electron chi connectivity index (χ2n) is 2.12. The summed E-state index contributed by atoms with van der Waals surface area (Å²) in [5.74, 6) is 0. The molecule has 0 aliphatic carbocycles. The predicted molar refractivity (Wildman–Crippen MR) is 44.4 cm³/mol. The van der Waals surface area contributed by atoms with Crippen molar-refractivity contribution in [2.24, 2.45) is 0 Å². The second kappa shape index (κ2) is 4.23. The van der Waals surface area contributed by atoms with E-state index in [1.807, 2.05) is 0 Å². The number of hydrogen-bond acceptors (Lipinski definition) is 2. The van der Waals surface area contributed by atoms with Gasteiger partial charge in [0.25, 0.3) is 0 Å². The van der Waals surface area contributed by atoms with Crippen molar-refractivity contribution < 1.29 is 13.2 Å². The van der Waals surface area contributed by atoms with E-state index in [0.29, 0.717) is 5.56 Å². The Bertz CT molecular complexity index is 281. The van der Waals surface area contributed by atoms with E-state index in [0.717, 1.165) is 18.5 Å². The molecule has 1 aromatic heterocycles. The van der Waals surface area contributed by atoms with Gasteiger partial charge in [-0.05, 0) is 12.1 Å². The van der Waals surface area contributed by atoms with Gasteiger partial charge in [-0.15, -0.1) is 12.4 Å². The van der Waals surface area contributed by atoms with Crippen molar-refractivity contribution in [1.29, 1.82) is 5.41 Å². The van der Waals surface area contributed by atoms with Crippen LogP contribution in [0.2, 0.25) is 0 Å². The Labute approximate surface area is 78.7 Å². The molecule has 0 aromatic carbocycles. The molecule has 6 heteroatoms. The van der Waals surface area contributed by atoms with Gasteiger partial charge in [-0.2, -0.15) is 13.2 Å². The highest BCUT2D eigenvalue weighted by Crippen LogP contribution is 2.26. The van der Waals surface area contributed by atoms with Crippen LogP contribution in [0.3, 0.4) is 0 Å². The van der Waals surface area contributed by atoms with Crippen LogP contribution in [0.4, 0.5) is 13.2 Å². The average Bonchev–Trinajstić information content (AvgIpc) is 2.03. The summed E-state index contributed by atoms with van der Waals surface area (Å²) in [4.78, 5) is 3.14. The zero-order valence-corrected chi connectivity index (χ0v) is 7.12. The molecule has 0 fully saturated rings. The molecule has 0 saturated heterocycles. The van der Waals surface area contributed by atoms with E-state index >= 15 is 0 Å². The van der Waals surface area contributed by atoms with Crippen LogP contribution in [0.15, 0.2) is 18.3 Å². The fourth-order valence-corrected chi connectivity index (χ4v) is 0.658. The number of alkyl halides is 3. The van der Waals surface area contributed by atoms with Crippen LogP contribution in [0.25, 0.3) is 0 Å². The van der Waals surface area contributed by atoms with E-state index in [2.05, 4.69) is 4.98 Å². The summed E-state index contributed by atoms with van der Waals surface area (Å²) in [6.07, 6.45) is -2.45. The van der Waals surface area contributed by atoms with E-state index in [-0.39, 0.29) is 12.4 Å². The summed E-state index contributed by atoms with van der Waals surface area (Å²) in [5.41, 5.74) is -0.587. The molecule has 0 aliphatic rings. The molecule has 1 heterocycles. The number of aromatic nitrogens is 1. The third kappa shape index (κ3) is 3.02. The minimum absolute atomic E-state index is 0. The molecular formula is C7H6ClF3N2. The SMILES string of the molecule is Cl.N=Cc1ccc(C(F)(F)F)nc1. The zero-order valence-electron chi connectivity index (χ0n) is 6.30. The van der Waals surface area contributed by atoms with Crippen molar-refractivity contribution in [3.63, 3.8) is 0 Å². The molecule has 0 aliphatic heterocycles. The standard InChI is InChI=1S/C7H5F3N2.ClH/c8-7(9,10)6-2-1-5(3-11)4-12-6;/h1-4,11H;1H. The first kappa shape index (κ1) is 11.9. The minimum Gasteiger partial charge on any atom is -0.308 e. The number of rotatable bonds is 1. The fraction of sp³-hybridized carbons (Fsp3) is 0.143. The van der Waals surface area contributed by atoms with Gasteiger partial charge < -0.3 is 5.41 Å². The molecule has 2 nitrogen and oxygen atoms in total. The lowest BCUT2D eigenvalue weighted by molar-refractivity contribution is -0.141. The van der Waals surface area contributed by atoms with Crippen LogP contribution < -0.4 is 0 Å². The van der Waals surface area contributed by atoms with Gasteiger partial charge in [-0.3, -0.25) is 4.98 Å². The van der Waals surface area contributed by atoms with Gasteiger partial charge in [0.1, 0.15) is 5.69 Å². The summed E-state index contributed by atoms with van der Waals surface area (Å²) in [6, 6.07) is 2.04. The molecule has 1 N–H and O–H groups in total. The van der Waals surface area contributed by atoms with Gasteiger partial charge in [0.05, 0.1) is 0 Å². The lowest BCUT2D eigenvalue weighted by Gasteiger charge is -2.03. The fourth-order valence-electron chi connectivity index (χ4n) is 0.658. The first-order valence-electron chi connectivity index (χ1n) is 3.08. The van der Waals surface area contributed by atoms with Crippen molar-refractivity contribution in [3.05, 3.63) is 29.6 Å². The van der Waals surface area contributed by atoms with Gasteiger partial charge in [0, 0.05) is 18.0 Å². The molecule has 0 amide bonds. The Morgan fingerprint density at radius 3 is 2.23 bits per heavy atom. The molecular weight excluding hydrogens is 205 g/mol. The van der Waals surface area contributed by atoms with E-state index < -0.39 is 11.9 Å². The van der Waals surface area contributed by atoms with E-state index in [4.69, 9.17) is 5.41 Å². The summed E-state index contributed by atoms with van der Waals surface area (Å²) in [6.45, 7) is 0. The second-order valence-corrected chi connectivity index (χ2v) is 2.12. The molecule has 0 unspecified atom stereocenters. The highest BCUT2D eigenvalue weighted by Gasteiger charge is 2.31. The predicted octanol–water partition coefficient (Wildman–Crippen LogP) is 2.52. The summed E-state index contributed by atoms with van der Waals surface area (Å²) < 4.78 is 35.7. The smallest absolute Gasteiger partial charge is 0.308 e. The van der Waals surface area contributed by atoms with Gasteiger partial charge >= 0.3 is 6.18 Å². The van der Waals surface area contributed by atoms with Crippen molar-refractivity contribution >= 4 is 18.6 Å². The third-order valence-corrected chi connectivity index (χ3v) is 1.24. The highest BCUT2D eigenvalue weighted by atomic mass is 35.5. The van der Waals surface area contributed by atoms with Crippen molar-refractivity contribution in [1.82, 2.24) is 4.98 Å². The Morgan fingerprint density at radius 2 is 1.92 bits per heavy atom. The van der Waals surface area contributed by atoms with Crippen LogP contribution in [0.5, 0.6) is 0 Å². The Morgan fingerprint density at radius 1 is 1.31 bits per heavy atom. The summed E-state index contributed by atoms with van der Waals surface area (Å²) >= 11 is 0. The quantitative estimate of drug-likeness (QED) is 0.711. The molecule has 0 radical (unpaired) electrons.